The second-order valence-electron chi connectivity index (χ2n) is 4.12. The Balaban J connectivity index is 2.70. The molecule has 2 aromatic rings. The van der Waals surface area contributed by atoms with Gasteiger partial charge in [0, 0.05) is 23.4 Å². The normalized spacial score (nSPS) is 11.7. The maximum Gasteiger partial charge on any atom is 0.305 e. The SMILES string of the molecule is COc1cccc2c1c(S(=O)(=O)Cl)cn2CCC(=O)O. The molecule has 1 heterocycles. The Bertz CT molecular complexity index is 765. The number of halogens is 1. The predicted octanol–water partition coefficient (Wildman–Crippen LogP) is 2.05. The van der Waals surface area contributed by atoms with Crippen molar-refractivity contribution < 1.29 is 23.1 Å². The highest BCUT2D eigenvalue weighted by Gasteiger charge is 2.21. The van der Waals surface area contributed by atoms with Crippen molar-refractivity contribution in [1.82, 2.24) is 4.57 Å². The molecule has 0 aliphatic rings. The zero-order valence-electron chi connectivity index (χ0n) is 10.5. The van der Waals surface area contributed by atoms with Crippen LogP contribution in [0, 0.1) is 0 Å². The van der Waals surface area contributed by atoms with Crippen LogP contribution in [0.25, 0.3) is 10.9 Å². The molecule has 1 aromatic carbocycles. The third-order valence-electron chi connectivity index (χ3n) is 2.88. The van der Waals surface area contributed by atoms with Crippen LogP contribution in [0.4, 0.5) is 0 Å². The maximum absolute atomic E-state index is 11.6. The summed E-state index contributed by atoms with van der Waals surface area (Å²) in [5.41, 5.74) is 0.560. The van der Waals surface area contributed by atoms with Gasteiger partial charge in [0.1, 0.15) is 10.6 Å². The number of fused-ring (bicyclic) bond motifs is 1. The predicted molar refractivity (Wildman–Crippen MR) is 73.8 cm³/mol. The maximum atomic E-state index is 11.6. The number of aryl methyl sites for hydroxylation is 1. The summed E-state index contributed by atoms with van der Waals surface area (Å²) in [7, 11) is 2.90. The first-order valence-corrected chi connectivity index (χ1v) is 7.98. The van der Waals surface area contributed by atoms with Gasteiger partial charge in [-0.2, -0.15) is 0 Å². The molecule has 0 saturated heterocycles. The van der Waals surface area contributed by atoms with Gasteiger partial charge < -0.3 is 14.4 Å². The van der Waals surface area contributed by atoms with E-state index < -0.39 is 15.0 Å². The van der Waals surface area contributed by atoms with Crippen molar-refractivity contribution in [2.24, 2.45) is 0 Å². The van der Waals surface area contributed by atoms with Gasteiger partial charge in [0.25, 0.3) is 9.05 Å². The molecule has 0 amide bonds. The number of benzene rings is 1. The molecular weight excluding hydrogens is 306 g/mol. The van der Waals surface area contributed by atoms with Crippen LogP contribution in [-0.4, -0.2) is 31.2 Å². The lowest BCUT2D eigenvalue weighted by Gasteiger charge is -2.05. The molecule has 0 radical (unpaired) electrons. The van der Waals surface area contributed by atoms with Gasteiger partial charge in [-0.05, 0) is 12.1 Å². The summed E-state index contributed by atoms with van der Waals surface area (Å²) in [6.07, 6.45) is 1.21. The van der Waals surface area contributed by atoms with E-state index in [-0.39, 0.29) is 17.9 Å². The van der Waals surface area contributed by atoms with E-state index in [1.807, 2.05) is 0 Å². The Kier molecular flexibility index (Phi) is 3.92. The molecule has 0 atom stereocenters. The molecular formula is C12H12ClNO5S. The molecule has 108 valence electrons. The van der Waals surface area contributed by atoms with Gasteiger partial charge in [0.15, 0.2) is 0 Å². The van der Waals surface area contributed by atoms with E-state index in [9.17, 15) is 13.2 Å². The molecule has 0 spiro atoms. The van der Waals surface area contributed by atoms with E-state index >= 15 is 0 Å². The fraction of sp³-hybridized carbons (Fsp3) is 0.250. The van der Waals surface area contributed by atoms with Crippen molar-refractivity contribution in [2.75, 3.05) is 7.11 Å². The van der Waals surface area contributed by atoms with Crippen molar-refractivity contribution in [1.29, 1.82) is 0 Å². The number of methoxy groups -OCH3 is 1. The Morgan fingerprint density at radius 2 is 2.15 bits per heavy atom. The monoisotopic (exact) mass is 317 g/mol. The van der Waals surface area contributed by atoms with Gasteiger partial charge in [0.2, 0.25) is 0 Å². The fourth-order valence-electron chi connectivity index (χ4n) is 2.04. The summed E-state index contributed by atoms with van der Waals surface area (Å²) in [6, 6.07) is 5.00. The third kappa shape index (κ3) is 2.73. The van der Waals surface area contributed by atoms with Crippen LogP contribution in [0.1, 0.15) is 6.42 Å². The summed E-state index contributed by atoms with van der Waals surface area (Å²) < 4.78 is 30.0. The zero-order chi connectivity index (χ0) is 14.9. The van der Waals surface area contributed by atoms with Crippen LogP contribution < -0.4 is 4.74 Å². The van der Waals surface area contributed by atoms with Crippen molar-refractivity contribution in [3.05, 3.63) is 24.4 Å². The van der Waals surface area contributed by atoms with E-state index in [4.69, 9.17) is 20.5 Å². The molecule has 2 rings (SSSR count). The average molecular weight is 318 g/mol. The van der Waals surface area contributed by atoms with Gasteiger partial charge in [-0.25, -0.2) is 8.42 Å². The lowest BCUT2D eigenvalue weighted by atomic mass is 10.2. The number of hydrogen-bond acceptors (Lipinski definition) is 4. The van der Waals surface area contributed by atoms with Gasteiger partial charge in [-0.1, -0.05) is 6.07 Å². The van der Waals surface area contributed by atoms with Crippen LogP contribution in [-0.2, 0) is 20.4 Å². The molecule has 0 saturated carbocycles. The van der Waals surface area contributed by atoms with Gasteiger partial charge in [-0.15, -0.1) is 0 Å². The first-order valence-electron chi connectivity index (χ1n) is 5.67. The second kappa shape index (κ2) is 5.34. The highest BCUT2D eigenvalue weighted by Crippen LogP contribution is 2.35. The molecule has 8 heteroatoms. The van der Waals surface area contributed by atoms with Crippen LogP contribution >= 0.6 is 10.7 Å². The van der Waals surface area contributed by atoms with Crippen molar-refractivity contribution in [3.8, 4) is 5.75 Å². The molecule has 0 fully saturated rings. The minimum absolute atomic E-state index is 0.0861. The standard InChI is InChI=1S/C12H12ClNO5S/c1-19-9-4-2-3-8-12(9)10(20(13,17)18)7-14(8)6-5-11(15)16/h2-4,7H,5-6H2,1H3,(H,15,16). The number of hydrogen-bond donors (Lipinski definition) is 1. The highest BCUT2D eigenvalue weighted by molar-refractivity contribution is 8.14. The molecule has 0 bridgehead atoms. The first kappa shape index (κ1) is 14.7. The van der Waals surface area contributed by atoms with Gasteiger partial charge in [-0.3, -0.25) is 4.79 Å². The van der Waals surface area contributed by atoms with E-state index in [0.717, 1.165) is 0 Å². The Labute approximate surface area is 119 Å². The average Bonchev–Trinajstić information content (AvgIpc) is 2.75. The third-order valence-corrected chi connectivity index (χ3v) is 4.22. The topological polar surface area (TPSA) is 85.6 Å². The number of ether oxygens (including phenoxy) is 1. The summed E-state index contributed by atoms with van der Waals surface area (Å²) in [6.45, 7) is 0.144. The number of aromatic nitrogens is 1. The summed E-state index contributed by atoms with van der Waals surface area (Å²) in [5, 5.41) is 9.09. The van der Waals surface area contributed by atoms with Gasteiger partial charge >= 0.3 is 5.97 Å². The van der Waals surface area contributed by atoms with E-state index in [0.29, 0.717) is 16.7 Å². The minimum Gasteiger partial charge on any atom is -0.496 e. The van der Waals surface area contributed by atoms with E-state index in [1.54, 1.807) is 22.8 Å². The molecule has 20 heavy (non-hydrogen) atoms. The number of nitrogens with zero attached hydrogens (tertiary/aromatic N) is 1. The van der Waals surface area contributed by atoms with E-state index in [1.165, 1.54) is 13.3 Å². The van der Waals surface area contributed by atoms with Crippen molar-refractivity contribution >= 4 is 36.6 Å². The minimum atomic E-state index is -3.96. The Morgan fingerprint density at radius 3 is 2.70 bits per heavy atom. The number of rotatable bonds is 5. The molecule has 0 unspecified atom stereocenters. The number of aliphatic carboxylic acids is 1. The van der Waals surface area contributed by atoms with Crippen LogP contribution in [0.5, 0.6) is 5.75 Å². The van der Waals surface area contributed by atoms with Crippen LogP contribution in [0.2, 0.25) is 0 Å². The van der Waals surface area contributed by atoms with E-state index in [2.05, 4.69) is 0 Å². The number of carboxylic acid groups (broad SMARTS) is 1. The summed E-state index contributed by atoms with van der Waals surface area (Å²) in [4.78, 5) is 10.6. The fourth-order valence-corrected chi connectivity index (χ4v) is 3.09. The highest BCUT2D eigenvalue weighted by atomic mass is 35.7. The largest absolute Gasteiger partial charge is 0.496 e. The van der Waals surface area contributed by atoms with Crippen LogP contribution in [0.3, 0.4) is 0 Å². The second-order valence-corrected chi connectivity index (χ2v) is 6.66. The number of carboxylic acids is 1. The molecule has 1 aromatic heterocycles. The Morgan fingerprint density at radius 1 is 1.45 bits per heavy atom. The lowest BCUT2D eigenvalue weighted by Crippen LogP contribution is -2.03. The van der Waals surface area contributed by atoms with Crippen molar-refractivity contribution in [2.45, 2.75) is 17.9 Å². The first-order chi connectivity index (χ1) is 9.34. The summed E-state index contributed by atoms with van der Waals surface area (Å²) in [5.74, 6) is -0.596. The van der Waals surface area contributed by atoms with Gasteiger partial charge in [0.05, 0.1) is 24.4 Å². The van der Waals surface area contributed by atoms with Crippen LogP contribution in [0.15, 0.2) is 29.3 Å². The quantitative estimate of drug-likeness (QED) is 0.853. The Hall–Kier alpha value is -1.73. The zero-order valence-corrected chi connectivity index (χ0v) is 12.1. The smallest absolute Gasteiger partial charge is 0.305 e. The van der Waals surface area contributed by atoms with Crippen molar-refractivity contribution in [3.63, 3.8) is 0 Å². The molecule has 1 N–H and O–H groups in total. The molecule has 6 nitrogen and oxygen atoms in total. The summed E-state index contributed by atoms with van der Waals surface area (Å²) >= 11 is 0. The molecule has 0 aliphatic carbocycles. The number of carbonyl (C=O) groups is 1. The molecule has 0 aliphatic heterocycles. The lowest BCUT2D eigenvalue weighted by molar-refractivity contribution is -0.137.